The van der Waals surface area contributed by atoms with Crippen molar-refractivity contribution in [3.63, 3.8) is 0 Å². The van der Waals surface area contributed by atoms with E-state index < -0.39 is 17.9 Å². The number of ether oxygens (including phenoxy) is 1. The van der Waals surface area contributed by atoms with Crippen LogP contribution in [0.1, 0.15) is 45.5 Å². The molecule has 2 aromatic rings. The molecule has 2 aromatic carbocycles. The van der Waals surface area contributed by atoms with Crippen molar-refractivity contribution < 1.29 is 23.9 Å². The molecular weight excluding hydrogens is 424 g/mol. The largest absolute Gasteiger partial charge is 0.383 e. The second kappa shape index (κ2) is 9.03. The number of hydrogen-bond acceptors (Lipinski definition) is 5. The molecule has 0 bridgehead atoms. The number of nitrogens with two attached hydrogens (primary N) is 1. The molecule has 0 unspecified atom stereocenters. The standard InChI is InChI=1S/C24H26N4O5/c1-14(29)26-17-8-6-15(7-9-17)23(31)28-19-5-3-4-18-21(19)16(12-20(28)22(25)30)13-27(24(18)32)10-11-33-2/h3-9,16,20H,10-13H2,1-2H3,(H2,25,30)(H,26,29)/t16-,20-/m0/s1. The zero-order valence-electron chi connectivity index (χ0n) is 18.5. The maximum Gasteiger partial charge on any atom is 0.259 e. The van der Waals surface area contributed by atoms with Crippen molar-refractivity contribution in [3.8, 4) is 0 Å². The van der Waals surface area contributed by atoms with Crippen LogP contribution in [0.5, 0.6) is 0 Å². The number of hydrogen-bond donors (Lipinski definition) is 2. The first-order valence-corrected chi connectivity index (χ1v) is 10.7. The first-order chi connectivity index (χ1) is 15.8. The summed E-state index contributed by atoms with van der Waals surface area (Å²) in [6.07, 6.45) is 0.325. The van der Waals surface area contributed by atoms with E-state index in [0.29, 0.717) is 48.6 Å². The van der Waals surface area contributed by atoms with Gasteiger partial charge in [0.2, 0.25) is 11.8 Å². The van der Waals surface area contributed by atoms with Gasteiger partial charge in [-0.3, -0.25) is 24.1 Å². The van der Waals surface area contributed by atoms with Crippen LogP contribution >= 0.6 is 0 Å². The number of amides is 4. The molecule has 0 aromatic heterocycles. The van der Waals surface area contributed by atoms with Crippen LogP contribution in [0.2, 0.25) is 0 Å². The van der Waals surface area contributed by atoms with Crippen molar-refractivity contribution in [2.75, 3.05) is 37.0 Å². The van der Waals surface area contributed by atoms with Gasteiger partial charge in [-0.25, -0.2) is 0 Å². The van der Waals surface area contributed by atoms with E-state index in [2.05, 4.69) is 5.32 Å². The van der Waals surface area contributed by atoms with Gasteiger partial charge in [-0.2, -0.15) is 0 Å². The molecule has 2 aliphatic heterocycles. The van der Waals surface area contributed by atoms with E-state index in [9.17, 15) is 19.2 Å². The number of benzene rings is 2. The summed E-state index contributed by atoms with van der Waals surface area (Å²) >= 11 is 0. The van der Waals surface area contributed by atoms with E-state index in [1.807, 2.05) is 0 Å². The highest BCUT2D eigenvalue weighted by Gasteiger charge is 2.44. The fourth-order valence-corrected chi connectivity index (χ4v) is 4.65. The van der Waals surface area contributed by atoms with Crippen LogP contribution in [0.15, 0.2) is 42.5 Å². The molecule has 4 rings (SSSR count). The van der Waals surface area contributed by atoms with Gasteiger partial charge in [0.15, 0.2) is 0 Å². The minimum atomic E-state index is -0.849. The minimum absolute atomic E-state index is 0.116. The van der Waals surface area contributed by atoms with Crippen LogP contribution in [0.25, 0.3) is 0 Å². The molecule has 0 saturated heterocycles. The Morgan fingerprint density at radius 1 is 1.15 bits per heavy atom. The average Bonchev–Trinajstić information content (AvgIpc) is 2.79. The highest BCUT2D eigenvalue weighted by molar-refractivity contribution is 6.12. The SMILES string of the molecule is COCCN1C[C@@H]2C[C@@H](C(N)=O)N(C(=O)c3ccc(NC(C)=O)cc3)c3cccc(c32)C1=O. The van der Waals surface area contributed by atoms with Crippen LogP contribution in [0.3, 0.4) is 0 Å². The normalized spacial score (nSPS) is 19.2. The lowest BCUT2D eigenvalue weighted by Crippen LogP contribution is -2.54. The van der Waals surface area contributed by atoms with Crippen LogP contribution in [0, 0.1) is 0 Å². The molecule has 33 heavy (non-hydrogen) atoms. The number of carbonyl (C=O) groups excluding carboxylic acids is 4. The van der Waals surface area contributed by atoms with Gasteiger partial charge in [-0.05, 0) is 48.4 Å². The Morgan fingerprint density at radius 3 is 2.52 bits per heavy atom. The van der Waals surface area contributed by atoms with Crippen LogP contribution in [-0.4, -0.2) is 61.4 Å². The number of carbonyl (C=O) groups is 4. The third-order valence-electron chi connectivity index (χ3n) is 6.09. The summed E-state index contributed by atoms with van der Waals surface area (Å²) in [6.45, 7) is 2.69. The maximum absolute atomic E-state index is 13.5. The Bertz CT molecular complexity index is 1110. The van der Waals surface area contributed by atoms with Gasteiger partial charge in [0.1, 0.15) is 6.04 Å². The zero-order chi connectivity index (χ0) is 23.7. The summed E-state index contributed by atoms with van der Waals surface area (Å²) in [5.74, 6) is -1.45. The lowest BCUT2D eigenvalue weighted by Gasteiger charge is -2.44. The molecule has 9 nitrogen and oxygen atoms in total. The summed E-state index contributed by atoms with van der Waals surface area (Å²) in [7, 11) is 1.58. The summed E-state index contributed by atoms with van der Waals surface area (Å²) < 4.78 is 5.13. The predicted octanol–water partition coefficient (Wildman–Crippen LogP) is 1.74. The zero-order valence-corrected chi connectivity index (χ0v) is 18.5. The van der Waals surface area contributed by atoms with Crippen LogP contribution < -0.4 is 16.0 Å². The van der Waals surface area contributed by atoms with Crippen molar-refractivity contribution in [3.05, 3.63) is 59.2 Å². The van der Waals surface area contributed by atoms with Gasteiger partial charge in [-0.1, -0.05) is 6.07 Å². The van der Waals surface area contributed by atoms with Gasteiger partial charge in [0.25, 0.3) is 11.8 Å². The number of rotatable bonds is 6. The van der Waals surface area contributed by atoms with Crippen molar-refractivity contribution in [2.24, 2.45) is 5.73 Å². The minimum Gasteiger partial charge on any atom is -0.383 e. The smallest absolute Gasteiger partial charge is 0.259 e. The lowest BCUT2D eigenvalue weighted by molar-refractivity contribution is -0.119. The van der Waals surface area contributed by atoms with Gasteiger partial charge in [0.05, 0.1) is 6.61 Å². The molecule has 4 amide bonds. The first-order valence-electron chi connectivity index (χ1n) is 10.7. The van der Waals surface area contributed by atoms with Gasteiger partial charge in [0, 0.05) is 55.5 Å². The molecule has 2 aliphatic rings. The maximum atomic E-state index is 13.5. The Labute approximate surface area is 191 Å². The fourth-order valence-electron chi connectivity index (χ4n) is 4.65. The van der Waals surface area contributed by atoms with E-state index in [-0.39, 0.29) is 17.7 Å². The molecule has 172 valence electrons. The molecule has 0 spiro atoms. The second-order valence-corrected chi connectivity index (χ2v) is 8.27. The lowest BCUT2D eigenvalue weighted by atomic mass is 9.79. The molecule has 2 atom stereocenters. The van der Waals surface area contributed by atoms with E-state index in [4.69, 9.17) is 10.5 Å². The van der Waals surface area contributed by atoms with E-state index in [1.54, 1.807) is 54.5 Å². The van der Waals surface area contributed by atoms with Crippen LogP contribution in [0.4, 0.5) is 11.4 Å². The number of primary amides is 1. The van der Waals surface area contributed by atoms with Gasteiger partial charge < -0.3 is 20.7 Å². The van der Waals surface area contributed by atoms with Crippen LogP contribution in [-0.2, 0) is 14.3 Å². The molecule has 0 fully saturated rings. The third-order valence-corrected chi connectivity index (χ3v) is 6.09. The number of nitrogens with zero attached hydrogens (tertiary/aromatic N) is 2. The quantitative estimate of drug-likeness (QED) is 0.694. The molecule has 9 heteroatoms. The van der Waals surface area contributed by atoms with Crippen molar-refractivity contribution in [1.82, 2.24) is 4.90 Å². The fraction of sp³-hybridized carbons (Fsp3) is 0.333. The predicted molar refractivity (Wildman–Crippen MR) is 122 cm³/mol. The Kier molecular flexibility index (Phi) is 6.15. The van der Waals surface area contributed by atoms with Crippen molar-refractivity contribution in [1.29, 1.82) is 0 Å². The summed E-state index contributed by atoms with van der Waals surface area (Å²) in [6, 6.07) is 10.8. The first kappa shape index (κ1) is 22.5. The molecule has 0 aliphatic carbocycles. The average molecular weight is 450 g/mol. The molecule has 0 radical (unpaired) electrons. The molecular formula is C24H26N4O5. The second-order valence-electron chi connectivity index (χ2n) is 8.27. The Morgan fingerprint density at radius 2 is 1.88 bits per heavy atom. The number of anilines is 2. The molecule has 3 N–H and O–H groups in total. The monoisotopic (exact) mass is 450 g/mol. The van der Waals surface area contributed by atoms with Gasteiger partial charge in [-0.15, -0.1) is 0 Å². The van der Waals surface area contributed by atoms with Crippen molar-refractivity contribution >= 4 is 35.0 Å². The summed E-state index contributed by atoms with van der Waals surface area (Å²) in [5.41, 5.74) is 8.48. The Hall–Kier alpha value is -3.72. The topological polar surface area (TPSA) is 122 Å². The van der Waals surface area contributed by atoms with E-state index >= 15 is 0 Å². The third kappa shape index (κ3) is 4.19. The number of nitrogens with one attached hydrogen (secondary N) is 1. The Balaban J connectivity index is 1.74. The van der Waals surface area contributed by atoms with E-state index in [0.717, 1.165) is 5.56 Å². The molecule has 0 saturated carbocycles. The van der Waals surface area contributed by atoms with Gasteiger partial charge >= 0.3 is 0 Å². The highest BCUT2D eigenvalue weighted by Crippen LogP contribution is 2.44. The number of methoxy groups -OCH3 is 1. The van der Waals surface area contributed by atoms with E-state index in [1.165, 1.54) is 11.8 Å². The van der Waals surface area contributed by atoms with Crippen molar-refractivity contribution in [2.45, 2.75) is 25.3 Å². The summed E-state index contributed by atoms with van der Waals surface area (Å²) in [5, 5.41) is 2.66. The molecule has 2 heterocycles. The summed E-state index contributed by atoms with van der Waals surface area (Å²) in [4.78, 5) is 53.5. The highest BCUT2D eigenvalue weighted by atomic mass is 16.5.